The van der Waals surface area contributed by atoms with Gasteiger partial charge in [0.1, 0.15) is 22.9 Å². The van der Waals surface area contributed by atoms with Crippen molar-refractivity contribution in [2.75, 3.05) is 13.9 Å². The van der Waals surface area contributed by atoms with Gasteiger partial charge in [-0.15, -0.1) is 0 Å². The van der Waals surface area contributed by atoms with Crippen molar-refractivity contribution in [2.45, 2.75) is 19.6 Å². The number of carbonyl (C=O) groups excluding carboxylic acids is 1. The Hall–Kier alpha value is -2.96. The van der Waals surface area contributed by atoms with E-state index in [9.17, 15) is 9.18 Å². The quantitative estimate of drug-likeness (QED) is 0.225. The van der Waals surface area contributed by atoms with Gasteiger partial charge in [-0.3, -0.25) is 0 Å². The van der Waals surface area contributed by atoms with Crippen molar-refractivity contribution in [1.29, 1.82) is 0 Å². The van der Waals surface area contributed by atoms with Crippen molar-refractivity contribution < 1.29 is 23.4 Å². The molecule has 0 aromatic heterocycles. The first kappa shape index (κ1) is 21.7. The average molecular weight is 425 g/mol. The summed E-state index contributed by atoms with van der Waals surface area (Å²) in [5.74, 6) is -0.369. The zero-order valence-corrected chi connectivity index (χ0v) is 18.6. The van der Waals surface area contributed by atoms with E-state index in [2.05, 4.69) is 19.6 Å². The fourth-order valence-corrected chi connectivity index (χ4v) is 5.09. The van der Waals surface area contributed by atoms with Crippen molar-refractivity contribution >= 4 is 19.2 Å². The molecule has 0 saturated carbocycles. The smallest absolute Gasteiger partial charge is 0.347 e. The maximum Gasteiger partial charge on any atom is 0.347 e. The fourth-order valence-electron chi connectivity index (χ4n) is 3.32. The molecular weight excluding hydrogens is 399 g/mol. The molecule has 0 heterocycles. The van der Waals surface area contributed by atoms with Gasteiger partial charge in [-0.25, -0.2) is 9.18 Å². The van der Waals surface area contributed by atoms with E-state index in [4.69, 9.17) is 14.2 Å². The maximum absolute atomic E-state index is 14.7. The van der Waals surface area contributed by atoms with Gasteiger partial charge in [0.2, 0.25) is 0 Å². The monoisotopic (exact) mass is 424 g/mol. The third-order valence-electron chi connectivity index (χ3n) is 4.58. The maximum atomic E-state index is 14.7. The third kappa shape index (κ3) is 4.78. The van der Waals surface area contributed by atoms with Crippen molar-refractivity contribution in [1.82, 2.24) is 0 Å². The minimum atomic E-state index is -1.98. The molecule has 0 aliphatic rings. The largest absolute Gasteiger partial charge is 0.468 e. The first-order valence-electron chi connectivity index (χ1n) is 9.64. The number of hydrogen-bond donors (Lipinski definition) is 0. The summed E-state index contributed by atoms with van der Waals surface area (Å²) in [7, 11) is -0.440. The molecule has 0 atom stereocenters. The highest BCUT2D eigenvalue weighted by atomic mass is 28.3. The summed E-state index contributed by atoms with van der Waals surface area (Å²) in [4.78, 5) is 13.1. The Balaban J connectivity index is 2.04. The van der Waals surface area contributed by atoms with Crippen molar-refractivity contribution in [3.05, 3.63) is 78.1 Å². The first-order valence-corrected chi connectivity index (χ1v) is 13.1. The second kappa shape index (κ2) is 9.24. The number of methoxy groups -OCH3 is 1. The predicted molar refractivity (Wildman–Crippen MR) is 119 cm³/mol. The van der Waals surface area contributed by atoms with Gasteiger partial charge < -0.3 is 14.2 Å². The molecule has 0 saturated heterocycles. The van der Waals surface area contributed by atoms with E-state index in [1.165, 1.54) is 6.07 Å². The number of esters is 1. The van der Waals surface area contributed by atoms with Crippen LogP contribution in [0.15, 0.2) is 66.7 Å². The van der Waals surface area contributed by atoms with E-state index >= 15 is 0 Å². The number of halogens is 1. The number of rotatable bonds is 7. The Kier molecular flexibility index (Phi) is 6.69. The Morgan fingerprint density at radius 3 is 2.23 bits per heavy atom. The summed E-state index contributed by atoms with van der Waals surface area (Å²) in [6, 6.07) is 19.1. The van der Waals surface area contributed by atoms with E-state index in [1.54, 1.807) is 31.4 Å². The highest BCUT2D eigenvalue weighted by molar-refractivity contribution is 6.90. The predicted octanol–water partition coefficient (Wildman–Crippen LogP) is 5.24. The van der Waals surface area contributed by atoms with Crippen LogP contribution in [0.5, 0.6) is 11.5 Å². The number of ether oxygens (including phenoxy) is 3. The second-order valence-electron chi connectivity index (χ2n) is 7.85. The van der Waals surface area contributed by atoms with Gasteiger partial charge in [-0.2, -0.15) is 0 Å². The minimum Gasteiger partial charge on any atom is -0.468 e. The number of carbonyl (C=O) groups is 1. The van der Waals surface area contributed by atoms with E-state index in [0.29, 0.717) is 17.1 Å². The molecule has 0 N–H and O–H groups in total. The number of benzene rings is 3. The molecule has 0 amide bonds. The zero-order valence-electron chi connectivity index (χ0n) is 17.6. The molecule has 3 aromatic carbocycles. The van der Waals surface area contributed by atoms with Crippen LogP contribution in [0, 0.1) is 5.82 Å². The number of hydrogen-bond acceptors (Lipinski definition) is 4. The van der Waals surface area contributed by atoms with Crippen LogP contribution in [0.4, 0.5) is 4.39 Å². The van der Waals surface area contributed by atoms with Crippen molar-refractivity contribution in [3.63, 3.8) is 0 Å². The molecule has 0 radical (unpaired) electrons. The van der Waals surface area contributed by atoms with Gasteiger partial charge in [0.05, 0.1) is 8.07 Å². The SMILES string of the molecule is COCOc1cccc(OC(=O)c2c(F)cccc2-c2ccccc2)c1[Si](C)(C)C. The van der Waals surface area contributed by atoms with Crippen molar-refractivity contribution in [2.24, 2.45) is 0 Å². The van der Waals surface area contributed by atoms with Crippen LogP contribution in [-0.2, 0) is 4.74 Å². The third-order valence-corrected chi connectivity index (χ3v) is 6.57. The highest BCUT2D eigenvalue weighted by Crippen LogP contribution is 2.28. The van der Waals surface area contributed by atoms with Gasteiger partial charge in [0.15, 0.2) is 6.79 Å². The lowest BCUT2D eigenvalue weighted by Crippen LogP contribution is -2.40. The molecule has 156 valence electrons. The Bertz CT molecular complexity index is 1030. The molecule has 0 bridgehead atoms. The summed E-state index contributed by atoms with van der Waals surface area (Å²) in [5.41, 5.74) is 1.14. The molecule has 0 unspecified atom stereocenters. The minimum absolute atomic E-state index is 0.0837. The van der Waals surface area contributed by atoms with Crippen LogP contribution in [0.3, 0.4) is 0 Å². The molecule has 0 aliphatic heterocycles. The Morgan fingerprint density at radius 2 is 1.57 bits per heavy atom. The lowest BCUT2D eigenvalue weighted by atomic mass is 9.99. The van der Waals surface area contributed by atoms with Gasteiger partial charge in [0, 0.05) is 12.3 Å². The molecule has 0 fully saturated rings. The normalized spacial score (nSPS) is 11.2. The van der Waals surface area contributed by atoms with Crippen LogP contribution in [0.25, 0.3) is 11.1 Å². The average Bonchev–Trinajstić information content (AvgIpc) is 2.71. The molecule has 0 spiro atoms. The van der Waals surface area contributed by atoms with E-state index in [1.807, 2.05) is 36.4 Å². The standard InChI is InChI=1S/C24H25FO4Si/c1-27-16-28-20-14-9-15-21(23(20)30(2,3)4)29-24(26)22-18(12-8-13-19(22)25)17-10-6-5-7-11-17/h5-15H,16H2,1-4H3. The van der Waals surface area contributed by atoms with Crippen molar-refractivity contribution in [3.8, 4) is 22.6 Å². The fraction of sp³-hybridized carbons (Fsp3) is 0.208. The molecule has 3 aromatic rings. The Morgan fingerprint density at radius 1 is 0.900 bits per heavy atom. The highest BCUT2D eigenvalue weighted by Gasteiger charge is 2.28. The molecule has 3 rings (SSSR count). The molecule has 4 nitrogen and oxygen atoms in total. The van der Waals surface area contributed by atoms with Gasteiger partial charge in [0.25, 0.3) is 0 Å². The summed E-state index contributed by atoms with van der Waals surface area (Å²) in [5, 5.41) is 0.841. The lowest BCUT2D eigenvalue weighted by Gasteiger charge is -2.24. The molecule has 6 heteroatoms. The van der Waals surface area contributed by atoms with Gasteiger partial charge in [-0.1, -0.05) is 68.2 Å². The Labute approximate surface area is 177 Å². The van der Waals surface area contributed by atoms with Crippen LogP contribution in [-0.4, -0.2) is 27.9 Å². The zero-order chi connectivity index (χ0) is 21.7. The lowest BCUT2D eigenvalue weighted by molar-refractivity contribution is 0.0516. The first-order chi connectivity index (χ1) is 14.3. The summed E-state index contributed by atoms with van der Waals surface area (Å²) >= 11 is 0. The molecular formula is C24H25FO4Si. The van der Waals surface area contributed by atoms with Gasteiger partial charge >= 0.3 is 5.97 Å². The van der Waals surface area contributed by atoms with Crippen LogP contribution in [0.1, 0.15) is 10.4 Å². The molecule has 0 aliphatic carbocycles. The summed E-state index contributed by atoms with van der Waals surface area (Å²) < 4.78 is 31.2. The molecule has 30 heavy (non-hydrogen) atoms. The topological polar surface area (TPSA) is 44.8 Å². The second-order valence-corrected chi connectivity index (χ2v) is 12.8. The van der Waals surface area contributed by atoms with E-state index in [0.717, 1.165) is 10.8 Å². The van der Waals surface area contributed by atoms with Crippen LogP contribution < -0.4 is 14.7 Å². The summed E-state index contributed by atoms with van der Waals surface area (Å²) in [6.07, 6.45) is 0. The van der Waals surface area contributed by atoms with Crippen LogP contribution >= 0.6 is 0 Å². The van der Waals surface area contributed by atoms with E-state index < -0.39 is 19.9 Å². The van der Waals surface area contributed by atoms with E-state index in [-0.39, 0.29) is 12.4 Å². The van der Waals surface area contributed by atoms with Crippen LogP contribution in [0.2, 0.25) is 19.6 Å². The van der Waals surface area contributed by atoms with Gasteiger partial charge in [-0.05, 0) is 29.3 Å². The summed E-state index contributed by atoms with van der Waals surface area (Å²) in [6.45, 7) is 6.45.